The predicted octanol–water partition coefficient (Wildman–Crippen LogP) is -0.00990. The average molecular weight is 249 g/mol. The van der Waals surface area contributed by atoms with E-state index in [0.29, 0.717) is 13.1 Å². The summed E-state index contributed by atoms with van der Waals surface area (Å²) in [6.07, 6.45) is 2.49. The average Bonchev–Trinajstić information content (AvgIpc) is 2.89. The van der Waals surface area contributed by atoms with Crippen molar-refractivity contribution in [1.82, 2.24) is 5.32 Å². The van der Waals surface area contributed by atoms with Crippen LogP contribution < -0.4 is 15.0 Å². The molecule has 1 amide bonds. The fourth-order valence-electron chi connectivity index (χ4n) is 2.38. The van der Waals surface area contributed by atoms with Crippen LogP contribution in [0.5, 0.6) is 5.75 Å². The van der Waals surface area contributed by atoms with E-state index >= 15 is 0 Å². The molecule has 0 aromatic heterocycles. The Morgan fingerprint density at radius 3 is 2.78 bits per heavy atom. The standard InChI is InChI=1S/C14H20N2O2/c1-18-13-7-3-2-6-12(13)10-15-14(17)11-16-8-4-5-9-16/h2-3,6-7H,4-5,8-11H2,1H3,(H,15,17)/p+1. The number of carbonyl (C=O) groups is 1. The van der Waals surface area contributed by atoms with E-state index in [2.05, 4.69) is 5.32 Å². The van der Waals surface area contributed by atoms with E-state index in [0.717, 1.165) is 24.4 Å². The van der Waals surface area contributed by atoms with Crippen LogP contribution in [0.1, 0.15) is 18.4 Å². The van der Waals surface area contributed by atoms with E-state index in [1.807, 2.05) is 24.3 Å². The van der Waals surface area contributed by atoms with Crippen LogP contribution in [0.2, 0.25) is 0 Å². The first-order valence-corrected chi connectivity index (χ1v) is 6.52. The summed E-state index contributed by atoms with van der Waals surface area (Å²) >= 11 is 0. The van der Waals surface area contributed by atoms with Crippen molar-refractivity contribution < 1.29 is 14.4 Å². The normalized spacial score (nSPS) is 15.6. The smallest absolute Gasteiger partial charge is 0.275 e. The SMILES string of the molecule is COc1ccccc1CNC(=O)C[NH+]1CCCC1. The predicted molar refractivity (Wildman–Crippen MR) is 69.6 cm³/mol. The highest BCUT2D eigenvalue weighted by Gasteiger charge is 2.18. The minimum Gasteiger partial charge on any atom is -0.496 e. The summed E-state index contributed by atoms with van der Waals surface area (Å²) in [5.74, 6) is 0.948. The van der Waals surface area contributed by atoms with Crippen molar-refractivity contribution in [1.29, 1.82) is 0 Å². The minimum atomic E-state index is 0.123. The maximum absolute atomic E-state index is 11.8. The highest BCUT2D eigenvalue weighted by Crippen LogP contribution is 2.16. The third kappa shape index (κ3) is 3.47. The topological polar surface area (TPSA) is 42.8 Å². The van der Waals surface area contributed by atoms with E-state index < -0.39 is 0 Å². The van der Waals surface area contributed by atoms with Crippen LogP contribution in [0, 0.1) is 0 Å². The molecule has 0 unspecified atom stereocenters. The van der Waals surface area contributed by atoms with Crippen molar-refractivity contribution in [2.24, 2.45) is 0 Å². The zero-order valence-electron chi connectivity index (χ0n) is 10.9. The highest BCUT2D eigenvalue weighted by molar-refractivity contribution is 5.76. The number of likely N-dealkylation sites (tertiary alicyclic amines) is 1. The van der Waals surface area contributed by atoms with Gasteiger partial charge in [0.2, 0.25) is 0 Å². The first-order chi connectivity index (χ1) is 8.79. The van der Waals surface area contributed by atoms with Gasteiger partial charge in [0, 0.05) is 24.9 Å². The molecule has 98 valence electrons. The van der Waals surface area contributed by atoms with Gasteiger partial charge in [0.15, 0.2) is 6.54 Å². The Morgan fingerprint density at radius 1 is 1.33 bits per heavy atom. The molecular weight excluding hydrogens is 228 g/mol. The number of hydrogen-bond acceptors (Lipinski definition) is 2. The monoisotopic (exact) mass is 249 g/mol. The van der Waals surface area contributed by atoms with Gasteiger partial charge in [-0.3, -0.25) is 4.79 Å². The summed E-state index contributed by atoms with van der Waals surface area (Å²) in [5, 5.41) is 2.96. The zero-order chi connectivity index (χ0) is 12.8. The molecule has 0 atom stereocenters. The second-order valence-corrected chi connectivity index (χ2v) is 4.72. The van der Waals surface area contributed by atoms with Gasteiger partial charge in [0.25, 0.3) is 5.91 Å². The fraction of sp³-hybridized carbons (Fsp3) is 0.500. The molecule has 1 heterocycles. The number of rotatable bonds is 5. The largest absolute Gasteiger partial charge is 0.496 e. The third-order valence-corrected chi connectivity index (χ3v) is 3.39. The van der Waals surface area contributed by atoms with Crippen LogP contribution in [0.15, 0.2) is 24.3 Å². The van der Waals surface area contributed by atoms with Gasteiger partial charge in [-0.1, -0.05) is 18.2 Å². The molecule has 0 aliphatic carbocycles. The Kier molecular flexibility index (Phi) is 4.59. The van der Waals surface area contributed by atoms with Gasteiger partial charge in [0.05, 0.1) is 20.2 Å². The minimum absolute atomic E-state index is 0.123. The van der Waals surface area contributed by atoms with Gasteiger partial charge in [-0.15, -0.1) is 0 Å². The molecule has 0 radical (unpaired) electrons. The second kappa shape index (κ2) is 6.40. The zero-order valence-corrected chi connectivity index (χ0v) is 10.9. The highest BCUT2D eigenvalue weighted by atomic mass is 16.5. The van der Waals surface area contributed by atoms with E-state index in [9.17, 15) is 4.79 Å². The summed E-state index contributed by atoms with van der Waals surface area (Å²) in [6.45, 7) is 3.38. The maximum atomic E-state index is 11.8. The number of methoxy groups -OCH3 is 1. The summed E-state index contributed by atoms with van der Waals surface area (Å²) in [7, 11) is 1.65. The van der Waals surface area contributed by atoms with Crippen LogP contribution in [0.3, 0.4) is 0 Å². The van der Waals surface area contributed by atoms with Crippen molar-refractivity contribution in [3.8, 4) is 5.75 Å². The van der Waals surface area contributed by atoms with E-state index in [1.54, 1.807) is 7.11 Å². The lowest BCUT2D eigenvalue weighted by Gasteiger charge is -2.13. The van der Waals surface area contributed by atoms with Crippen molar-refractivity contribution in [3.63, 3.8) is 0 Å². The lowest BCUT2D eigenvalue weighted by Crippen LogP contribution is -3.11. The molecule has 4 heteroatoms. The molecule has 18 heavy (non-hydrogen) atoms. The Morgan fingerprint density at radius 2 is 2.06 bits per heavy atom. The molecule has 0 bridgehead atoms. The lowest BCUT2D eigenvalue weighted by atomic mass is 10.2. The number of nitrogens with one attached hydrogen (secondary N) is 2. The first kappa shape index (κ1) is 12.9. The van der Waals surface area contributed by atoms with E-state index in [4.69, 9.17) is 4.74 Å². The van der Waals surface area contributed by atoms with Crippen molar-refractivity contribution in [2.45, 2.75) is 19.4 Å². The first-order valence-electron chi connectivity index (χ1n) is 6.52. The Hall–Kier alpha value is -1.55. The molecule has 1 saturated heterocycles. The number of quaternary nitrogens is 1. The summed E-state index contributed by atoms with van der Waals surface area (Å²) in [4.78, 5) is 13.2. The Bertz CT molecular complexity index is 401. The number of hydrogen-bond donors (Lipinski definition) is 2. The summed E-state index contributed by atoms with van der Waals surface area (Å²) < 4.78 is 5.25. The van der Waals surface area contributed by atoms with Crippen LogP contribution in [-0.4, -0.2) is 32.7 Å². The number of para-hydroxylation sites is 1. The van der Waals surface area contributed by atoms with Gasteiger partial charge in [-0.25, -0.2) is 0 Å². The molecule has 1 fully saturated rings. The molecule has 4 nitrogen and oxygen atoms in total. The summed E-state index contributed by atoms with van der Waals surface area (Å²) in [6, 6.07) is 7.77. The van der Waals surface area contributed by atoms with E-state index in [-0.39, 0.29) is 5.91 Å². The second-order valence-electron chi connectivity index (χ2n) is 4.72. The molecule has 1 aromatic rings. The van der Waals surface area contributed by atoms with Gasteiger partial charge >= 0.3 is 0 Å². The molecule has 2 N–H and O–H groups in total. The fourth-order valence-corrected chi connectivity index (χ4v) is 2.38. The van der Waals surface area contributed by atoms with Gasteiger partial charge in [0.1, 0.15) is 5.75 Å². The van der Waals surface area contributed by atoms with Crippen LogP contribution in [0.25, 0.3) is 0 Å². The van der Waals surface area contributed by atoms with Gasteiger partial charge < -0.3 is 15.0 Å². The van der Waals surface area contributed by atoms with Crippen molar-refractivity contribution in [3.05, 3.63) is 29.8 Å². The Balaban J connectivity index is 1.81. The molecule has 0 saturated carbocycles. The van der Waals surface area contributed by atoms with Crippen LogP contribution >= 0.6 is 0 Å². The molecule has 1 aromatic carbocycles. The van der Waals surface area contributed by atoms with Crippen molar-refractivity contribution in [2.75, 3.05) is 26.7 Å². The quantitative estimate of drug-likeness (QED) is 0.771. The number of amides is 1. The third-order valence-electron chi connectivity index (χ3n) is 3.39. The maximum Gasteiger partial charge on any atom is 0.275 e. The summed E-state index contributed by atoms with van der Waals surface area (Å²) in [5.41, 5.74) is 1.02. The van der Waals surface area contributed by atoms with Gasteiger partial charge in [-0.2, -0.15) is 0 Å². The van der Waals surface area contributed by atoms with Gasteiger partial charge in [-0.05, 0) is 6.07 Å². The lowest BCUT2D eigenvalue weighted by molar-refractivity contribution is -0.879. The Labute approximate surface area is 108 Å². The number of carbonyl (C=O) groups excluding carboxylic acids is 1. The molecule has 0 spiro atoms. The van der Waals surface area contributed by atoms with Crippen LogP contribution in [-0.2, 0) is 11.3 Å². The number of ether oxygens (including phenoxy) is 1. The van der Waals surface area contributed by atoms with Crippen molar-refractivity contribution >= 4 is 5.91 Å². The molecule has 1 aliphatic rings. The molecule has 2 rings (SSSR count). The molecule has 1 aliphatic heterocycles. The van der Waals surface area contributed by atoms with E-state index in [1.165, 1.54) is 17.7 Å². The molecular formula is C14H21N2O2+. The van der Waals surface area contributed by atoms with Crippen LogP contribution in [0.4, 0.5) is 0 Å². The number of benzene rings is 1.